The smallest absolute Gasteiger partial charge is 0.354 e. The van der Waals surface area contributed by atoms with Crippen LogP contribution in [-0.2, 0) is 4.79 Å². The van der Waals surface area contributed by atoms with E-state index in [9.17, 15) is 14.4 Å². The number of hydrogen-bond donors (Lipinski definition) is 2. The Kier molecular flexibility index (Phi) is 3.97. The van der Waals surface area contributed by atoms with Gasteiger partial charge in [0.2, 0.25) is 5.91 Å². The molecule has 1 unspecified atom stereocenters. The number of amides is 2. The molecule has 2 amide bonds. The predicted molar refractivity (Wildman–Crippen MR) is 69.3 cm³/mol. The zero-order chi connectivity index (χ0) is 14.7. The second kappa shape index (κ2) is 5.68. The molecule has 1 saturated heterocycles. The van der Waals surface area contributed by atoms with Crippen LogP contribution >= 0.6 is 0 Å². The van der Waals surface area contributed by atoms with E-state index in [0.717, 1.165) is 0 Å². The first-order chi connectivity index (χ1) is 9.47. The Labute approximate surface area is 115 Å². The van der Waals surface area contributed by atoms with Crippen LogP contribution in [0.15, 0.2) is 18.2 Å². The van der Waals surface area contributed by atoms with E-state index in [1.54, 1.807) is 4.90 Å². The molecule has 0 aromatic carbocycles. The van der Waals surface area contributed by atoms with Gasteiger partial charge in [0.1, 0.15) is 11.4 Å². The van der Waals surface area contributed by atoms with Crippen LogP contribution < -0.4 is 5.32 Å². The second-order valence-electron chi connectivity index (χ2n) is 4.65. The molecule has 1 aliphatic heterocycles. The van der Waals surface area contributed by atoms with E-state index in [-0.39, 0.29) is 29.2 Å². The molecule has 7 heteroatoms. The number of carbonyl (C=O) groups is 3. The molecule has 0 aliphatic carbocycles. The van der Waals surface area contributed by atoms with E-state index < -0.39 is 5.97 Å². The summed E-state index contributed by atoms with van der Waals surface area (Å²) in [6.07, 6.45) is 0.684. The van der Waals surface area contributed by atoms with E-state index in [0.29, 0.717) is 19.5 Å². The van der Waals surface area contributed by atoms with Crippen LogP contribution in [0.4, 0.5) is 0 Å². The minimum atomic E-state index is -1.17. The molecule has 2 N–H and O–H groups in total. The minimum Gasteiger partial charge on any atom is -0.477 e. The Balaban J connectivity index is 2.07. The zero-order valence-corrected chi connectivity index (χ0v) is 11.0. The lowest BCUT2D eigenvalue weighted by Gasteiger charge is -2.16. The summed E-state index contributed by atoms with van der Waals surface area (Å²) in [5, 5.41) is 11.6. The van der Waals surface area contributed by atoms with Crippen molar-refractivity contribution in [3.05, 3.63) is 29.6 Å². The first-order valence-electron chi connectivity index (χ1n) is 6.24. The molecule has 1 atom stereocenters. The maximum atomic E-state index is 12.2. The van der Waals surface area contributed by atoms with Crippen LogP contribution in [0.2, 0.25) is 0 Å². The van der Waals surface area contributed by atoms with E-state index in [2.05, 4.69) is 10.3 Å². The van der Waals surface area contributed by atoms with E-state index in [4.69, 9.17) is 5.11 Å². The fraction of sp³-hybridized carbons (Fsp3) is 0.385. The summed E-state index contributed by atoms with van der Waals surface area (Å²) in [4.78, 5) is 39.4. The van der Waals surface area contributed by atoms with Crippen molar-refractivity contribution in [3.63, 3.8) is 0 Å². The summed E-state index contributed by atoms with van der Waals surface area (Å²) < 4.78 is 0. The molecular formula is C13H15N3O4. The quantitative estimate of drug-likeness (QED) is 0.818. The topological polar surface area (TPSA) is 99.6 Å². The molecular weight excluding hydrogens is 262 g/mol. The molecule has 7 nitrogen and oxygen atoms in total. The number of rotatable bonds is 3. The number of nitrogens with zero attached hydrogens (tertiary/aromatic N) is 2. The highest BCUT2D eigenvalue weighted by molar-refractivity contribution is 5.94. The maximum Gasteiger partial charge on any atom is 0.354 e. The van der Waals surface area contributed by atoms with Crippen molar-refractivity contribution in [1.29, 1.82) is 0 Å². The van der Waals surface area contributed by atoms with Crippen molar-refractivity contribution in [2.45, 2.75) is 19.4 Å². The number of likely N-dealkylation sites (tertiary alicyclic amines) is 1. The average Bonchev–Trinajstić information content (AvgIpc) is 2.85. The number of aromatic carboxylic acids is 1. The summed E-state index contributed by atoms with van der Waals surface area (Å²) >= 11 is 0. The van der Waals surface area contributed by atoms with Crippen LogP contribution in [0.3, 0.4) is 0 Å². The lowest BCUT2D eigenvalue weighted by Crippen LogP contribution is -2.37. The van der Waals surface area contributed by atoms with E-state index in [1.165, 1.54) is 25.1 Å². The lowest BCUT2D eigenvalue weighted by molar-refractivity contribution is -0.119. The van der Waals surface area contributed by atoms with E-state index in [1.807, 2.05) is 0 Å². The third-order valence-electron chi connectivity index (χ3n) is 3.07. The average molecular weight is 277 g/mol. The molecule has 2 heterocycles. The van der Waals surface area contributed by atoms with Crippen molar-refractivity contribution < 1.29 is 19.5 Å². The van der Waals surface area contributed by atoms with Gasteiger partial charge in [-0.05, 0) is 18.6 Å². The van der Waals surface area contributed by atoms with Gasteiger partial charge in [-0.1, -0.05) is 6.07 Å². The summed E-state index contributed by atoms with van der Waals surface area (Å²) in [5.41, 5.74) is -0.0539. The van der Waals surface area contributed by atoms with Crippen molar-refractivity contribution in [2.75, 3.05) is 13.1 Å². The molecule has 0 bridgehead atoms. The standard InChI is InChI=1S/C13H15N3O4/c1-8(17)14-9-5-6-16(7-9)12(18)10-3-2-4-11(15-10)13(19)20/h2-4,9H,5-7H2,1H3,(H,14,17)(H,19,20). The molecule has 1 fully saturated rings. The van der Waals surface area contributed by atoms with Gasteiger partial charge in [0.15, 0.2) is 0 Å². The zero-order valence-electron chi connectivity index (χ0n) is 11.0. The summed E-state index contributed by atoms with van der Waals surface area (Å²) in [5.74, 6) is -1.62. The third kappa shape index (κ3) is 3.11. The van der Waals surface area contributed by atoms with Crippen molar-refractivity contribution >= 4 is 17.8 Å². The number of aromatic nitrogens is 1. The van der Waals surface area contributed by atoms with Gasteiger partial charge in [0.25, 0.3) is 5.91 Å². The highest BCUT2D eigenvalue weighted by Crippen LogP contribution is 2.13. The Morgan fingerprint density at radius 3 is 2.70 bits per heavy atom. The molecule has 1 aliphatic rings. The number of carbonyl (C=O) groups excluding carboxylic acids is 2. The fourth-order valence-electron chi connectivity index (χ4n) is 2.18. The molecule has 2 rings (SSSR count). The summed E-state index contributed by atoms with van der Waals surface area (Å²) in [7, 11) is 0. The highest BCUT2D eigenvalue weighted by Gasteiger charge is 2.28. The van der Waals surface area contributed by atoms with Gasteiger partial charge in [-0.15, -0.1) is 0 Å². The minimum absolute atomic E-state index is 0.0564. The van der Waals surface area contributed by atoms with Gasteiger partial charge in [-0.3, -0.25) is 9.59 Å². The number of carboxylic acids is 1. The van der Waals surface area contributed by atoms with Gasteiger partial charge in [-0.25, -0.2) is 9.78 Å². The Bertz CT molecular complexity index is 558. The van der Waals surface area contributed by atoms with Crippen molar-refractivity contribution in [2.24, 2.45) is 0 Å². The molecule has 0 radical (unpaired) electrons. The predicted octanol–water partition coefficient (Wildman–Crippen LogP) is 0.130. The van der Waals surface area contributed by atoms with Crippen LogP contribution in [0.1, 0.15) is 34.3 Å². The number of hydrogen-bond acceptors (Lipinski definition) is 4. The molecule has 106 valence electrons. The molecule has 0 spiro atoms. The highest BCUT2D eigenvalue weighted by atomic mass is 16.4. The Morgan fingerprint density at radius 2 is 2.05 bits per heavy atom. The molecule has 0 saturated carbocycles. The van der Waals surface area contributed by atoms with Gasteiger partial charge >= 0.3 is 5.97 Å². The SMILES string of the molecule is CC(=O)NC1CCN(C(=O)c2cccc(C(=O)O)n2)C1. The van der Waals surface area contributed by atoms with Gasteiger partial charge < -0.3 is 15.3 Å². The fourth-order valence-corrected chi connectivity index (χ4v) is 2.18. The second-order valence-corrected chi connectivity index (χ2v) is 4.65. The van der Waals surface area contributed by atoms with Crippen LogP contribution in [0.25, 0.3) is 0 Å². The van der Waals surface area contributed by atoms with E-state index >= 15 is 0 Å². The summed E-state index contributed by atoms with van der Waals surface area (Å²) in [6.45, 7) is 2.36. The lowest BCUT2D eigenvalue weighted by atomic mass is 10.2. The first kappa shape index (κ1) is 14.0. The van der Waals surface area contributed by atoms with Crippen molar-refractivity contribution in [3.8, 4) is 0 Å². The van der Waals surface area contributed by atoms with Crippen LogP contribution in [-0.4, -0.2) is 51.9 Å². The number of carboxylic acid groups (broad SMARTS) is 1. The number of nitrogens with one attached hydrogen (secondary N) is 1. The molecule has 20 heavy (non-hydrogen) atoms. The molecule has 1 aromatic rings. The van der Waals surface area contributed by atoms with Crippen molar-refractivity contribution in [1.82, 2.24) is 15.2 Å². The molecule has 1 aromatic heterocycles. The van der Waals surface area contributed by atoms with Gasteiger partial charge in [0.05, 0.1) is 0 Å². The van der Waals surface area contributed by atoms with Gasteiger partial charge in [0, 0.05) is 26.1 Å². The van der Waals surface area contributed by atoms with Crippen LogP contribution in [0.5, 0.6) is 0 Å². The van der Waals surface area contributed by atoms with Gasteiger partial charge in [-0.2, -0.15) is 0 Å². The Morgan fingerprint density at radius 1 is 1.35 bits per heavy atom. The summed E-state index contributed by atoms with van der Waals surface area (Å²) in [6, 6.07) is 4.26. The monoisotopic (exact) mass is 277 g/mol. The van der Waals surface area contributed by atoms with Crippen LogP contribution in [0, 0.1) is 0 Å². The maximum absolute atomic E-state index is 12.2. The largest absolute Gasteiger partial charge is 0.477 e. The third-order valence-corrected chi connectivity index (χ3v) is 3.07. The normalized spacial score (nSPS) is 17.9. The first-order valence-corrected chi connectivity index (χ1v) is 6.24. The number of pyridine rings is 1. The Hall–Kier alpha value is -2.44.